The molecule has 0 aliphatic heterocycles. The largest absolute Gasteiger partial charge is 0.494 e. The Morgan fingerprint density at radius 3 is 2.46 bits per heavy atom. The third-order valence-corrected chi connectivity index (χ3v) is 5.67. The van der Waals surface area contributed by atoms with E-state index in [9.17, 15) is 14.0 Å². The van der Waals surface area contributed by atoms with Crippen LogP contribution in [0.4, 0.5) is 15.9 Å². The molecule has 0 spiro atoms. The zero-order valence-electron chi connectivity index (χ0n) is 22.0. The van der Waals surface area contributed by atoms with Crippen LogP contribution in [0, 0.1) is 18.2 Å². The fourth-order valence-corrected chi connectivity index (χ4v) is 3.54. The first-order valence-corrected chi connectivity index (χ1v) is 12.1. The van der Waals surface area contributed by atoms with Crippen LogP contribution in [0.3, 0.4) is 0 Å². The first kappa shape index (κ1) is 29.1. The quantitative estimate of drug-likeness (QED) is 0.223. The van der Waals surface area contributed by atoms with Gasteiger partial charge < -0.3 is 20.3 Å². The van der Waals surface area contributed by atoms with Crippen molar-refractivity contribution in [1.82, 2.24) is 14.9 Å². The number of benzene rings is 2. The number of ether oxygens (including phenoxy) is 1. The number of carbonyl (C=O) groups excluding carboxylic acids is 2. The second kappa shape index (κ2) is 13.4. The molecular weight excluding hydrogens is 523 g/mol. The van der Waals surface area contributed by atoms with Crippen molar-refractivity contribution in [2.45, 2.75) is 0 Å². The fourth-order valence-electron chi connectivity index (χ4n) is 3.33. The number of rotatable bonds is 10. The van der Waals surface area contributed by atoms with E-state index in [-0.39, 0.29) is 33.4 Å². The minimum atomic E-state index is -0.787. The molecule has 0 radical (unpaired) electrons. The molecular formula is C28H28ClFN6O3. The molecule has 3 aromatic rings. The van der Waals surface area contributed by atoms with Crippen LogP contribution in [0.25, 0.3) is 0 Å². The number of nitrogens with one attached hydrogen (secondary N) is 2. The smallest absolute Gasteiger partial charge is 0.259 e. The van der Waals surface area contributed by atoms with Crippen LogP contribution in [0.15, 0.2) is 53.8 Å². The third kappa shape index (κ3) is 8.01. The van der Waals surface area contributed by atoms with Crippen LogP contribution in [0.5, 0.6) is 5.75 Å². The molecule has 39 heavy (non-hydrogen) atoms. The molecule has 3 rings (SSSR count). The van der Waals surface area contributed by atoms with Gasteiger partial charge in [-0.25, -0.2) is 9.37 Å². The van der Waals surface area contributed by atoms with E-state index in [4.69, 9.17) is 22.8 Å². The van der Waals surface area contributed by atoms with E-state index in [1.807, 2.05) is 26.0 Å². The molecule has 1 aromatic heterocycles. The van der Waals surface area contributed by atoms with Crippen molar-refractivity contribution in [2.24, 2.45) is 5.10 Å². The van der Waals surface area contributed by atoms with Gasteiger partial charge in [0.25, 0.3) is 11.8 Å². The summed E-state index contributed by atoms with van der Waals surface area (Å²) in [5.41, 5.74) is 0.787. The maximum Gasteiger partial charge on any atom is 0.259 e. The highest BCUT2D eigenvalue weighted by molar-refractivity contribution is 6.31. The van der Waals surface area contributed by atoms with Crippen molar-refractivity contribution in [1.29, 1.82) is 0 Å². The van der Waals surface area contributed by atoms with Crippen molar-refractivity contribution >= 4 is 41.1 Å². The highest BCUT2D eigenvalue weighted by Crippen LogP contribution is 2.33. The van der Waals surface area contributed by atoms with Crippen LogP contribution in [0.1, 0.15) is 31.8 Å². The van der Waals surface area contributed by atoms with Gasteiger partial charge in [0, 0.05) is 43.0 Å². The Balaban J connectivity index is 1.83. The molecule has 0 saturated heterocycles. The molecule has 0 unspecified atom stereocenters. The number of hydrogen-bond donors (Lipinski definition) is 2. The fraction of sp³-hybridized carbons (Fsp3) is 0.214. The van der Waals surface area contributed by atoms with E-state index in [1.54, 1.807) is 17.1 Å². The highest BCUT2D eigenvalue weighted by Gasteiger charge is 2.22. The van der Waals surface area contributed by atoms with E-state index in [1.165, 1.54) is 49.9 Å². The normalized spacial score (nSPS) is 10.8. The van der Waals surface area contributed by atoms with Crippen LogP contribution in [-0.4, -0.2) is 74.3 Å². The third-order valence-electron chi connectivity index (χ3n) is 5.45. The highest BCUT2D eigenvalue weighted by atomic mass is 35.5. The van der Waals surface area contributed by atoms with Gasteiger partial charge in [0.2, 0.25) is 0 Å². The van der Waals surface area contributed by atoms with Crippen LogP contribution >= 0.6 is 11.6 Å². The average Bonchev–Trinajstić information content (AvgIpc) is 2.91. The lowest BCUT2D eigenvalue weighted by atomic mass is 10.1. The number of likely N-dealkylation sites (N-methyl/N-ethyl adjacent to an activating group) is 2. The number of pyridine rings is 1. The van der Waals surface area contributed by atoms with Gasteiger partial charge in [0.15, 0.2) is 0 Å². The summed E-state index contributed by atoms with van der Waals surface area (Å²) in [6.07, 6.45) is 8.27. The summed E-state index contributed by atoms with van der Waals surface area (Å²) in [5, 5.41) is 11.4. The van der Waals surface area contributed by atoms with Crippen LogP contribution in [0.2, 0.25) is 5.02 Å². The van der Waals surface area contributed by atoms with Crippen molar-refractivity contribution < 1.29 is 18.7 Å². The van der Waals surface area contributed by atoms with Crippen LogP contribution in [-0.2, 0) is 0 Å². The van der Waals surface area contributed by atoms with Gasteiger partial charge in [0.05, 0.1) is 30.1 Å². The van der Waals surface area contributed by atoms with Gasteiger partial charge in [-0.05, 0) is 50.0 Å². The van der Waals surface area contributed by atoms with Crippen molar-refractivity contribution in [3.8, 4) is 18.1 Å². The van der Waals surface area contributed by atoms with Crippen molar-refractivity contribution in [3.63, 3.8) is 0 Å². The molecule has 2 aromatic carbocycles. The lowest BCUT2D eigenvalue weighted by Crippen LogP contribution is -2.25. The molecule has 202 valence electrons. The standard InChI is InChI=1S/C28H28ClFN6O3/c1-6-18-8-10-25(31-16-18)33-28(38)22-14-20(29)15-24(39-5)26(22)34-27(37)21-9-7-19(13-23(21)30)17-32-36(4)12-11-35(2)3/h1,7-10,13-17H,11-12H2,2-5H3,(H,34,37)(H,31,33,38). The number of anilines is 2. The van der Waals surface area contributed by atoms with Gasteiger partial charge in [0.1, 0.15) is 17.4 Å². The van der Waals surface area contributed by atoms with E-state index in [0.29, 0.717) is 17.7 Å². The van der Waals surface area contributed by atoms with E-state index in [0.717, 1.165) is 6.54 Å². The summed E-state index contributed by atoms with van der Waals surface area (Å²) in [5.74, 6) is 0.604. The Morgan fingerprint density at radius 2 is 1.85 bits per heavy atom. The van der Waals surface area contributed by atoms with Crippen molar-refractivity contribution in [2.75, 3.05) is 52.0 Å². The summed E-state index contributed by atoms with van der Waals surface area (Å²) in [6, 6.07) is 10.0. The maximum absolute atomic E-state index is 14.9. The van der Waals surface area contributed by atoms with Gasteiger partial charge in [-0.2, -0.15) is 5.10 Å². The second-order valence-corrected chi connectivity index (χ2v) is 9.12. The zero-order valence-corrected chi connectivity index (χ0v) is 22.7. The lowest BCUT2D eigenvalue weighted by molar-refractivity contribution is 0.102. The summed E-state index contributed by atoms with van der Waals surface area (Å²) in [7, 11) is 7.09. The molecule has 2 N–H and O–H groups in total. The number of hydrogen-bond acceptors (Lipinski definition) is 7. The topological polar surface area (TPSA) is 99.2 Å². The molecule has 2 amide bonds. The van der Waals surface area contributed by atoms with Crippen LogP contribution < -0.4 is 15.4 Å². The monoisotopic (exact) mass is 550 g/mol. The molecule has 1 heterocycles. The number of aromatic nitrogens is 1. The first-order chi connectivity index (χ1) is 18.6. The average molecular weight is 551 g/mol. The summed E-state index contributed by atoms with van der Waals surface area (Å²) in [6.45, 7) is 1.50. The first-order valence-electron chi connectivity index (χ1n) is 11.7. The number of nitrogens with zero attached hydrogens (tertiary/aromatic N) is 4. The number of amides is 2. The van der Waals surface area contributed by atoms with E-state index in [2.05, 4.69) is 26.6 Å². The van der Waals surface area contributed by atoms with Crippen molar-refractivity contribution in [3.05, 3.63) is 81.8 Å². The lowest BCUT2D eigenvalue weighted by Gasteiger charge is -2.16. The number of hydrazone groups is 1. The van der Waals surface area contributed by atoms with Gasteiger partial charge >= 0.3 is 0 Å². The zero-order chi connectivity index (χ0) is 28.5. The molecule has 0 atom stereocenters. The molecule has 9 nitrogen and oxygen atoms in total. The Bertz CT molecular complexity index is 1420. The molecule has 0 aliphatic rings. The van der Waals surface area contributed by atoms with Gasteiger partial charge in [-0.1, -0.05) is 23.6 Å². The number of carbonyl (C=O) groups is 2. The Morgan fingerprint density at radius 1 is 1.10 bits per heavy atom. The number of halogens is 2. The SMILES string of the molecule is C#Cc1ccc(NC(=O)c2cc(Cl)cc(OC)c2NC(=O)c2ccc(C=NN(C)CCN(C)C)cc2F)nc1. The predicted octanol–water partition coefficient (Wildman–Crippen LogP) is 4.20. The minimum absolute atomic E-state index is 0.0113. The summed E-state index contributed by atoms with van der Waals surface area (Å²) >= 11 is 6.18. The molecule has 0 aliphatic carbocycles. The Labute approximate surface area is 231 Å². The Kier molecular flexibility index (Phi) is 9.98. The molecule has 0 saturated carbocycles. The van der Waals surface area contributed by atoms with Gasteiger partial charge in [-0.3, -0.25) is 14.6 Å². The van der Waals surface area contributed by atoms with E-state index < -0.39 is 17.6 Å². The number of terminal acetylenes is 1. The minimum Gasteiger partial charge on any atom is -0.494 e. The molecule has 0 bridgehead atoms. The predicted molar refractivity (Wildman–Crippen MR) is 151 cm³/mol. The van der Waals surface area contributed by atoms with Gasteiger partial charge in [-0.15, -0.1) is 6.42 Å². The summed E-state index contributed by atoms with van der Waals surface area (Å²) < 4.78 is 20.3. The Hall–Kier alpha value is -4.46. The maximum atomic E-state index is 14.9. The molecule has 0 fully saturated rings. The number of methoxy groups -OCH3 is 1. The molecule has 11 heteroatoms. The summed E-state index contributed by atoms with van der Waals surface area (Å²) in [4.78, 5) is 32.3. The second-order valence-electron chi connectivity index (χ2n) is 8.68. The van der Waals surface area contributed by atoms with E-state index >= 15 is 0 Å².